The maximum Gasteiger partial charge on any atom is 0.282 e. The molecule has 0 bridgehead atoms. The number of nitro groups is 1. The van der Waals surface area contributed by atoms with Gasteiger partial charge in [0.25, 0.3) is 11.6 Å². The fourth-order valence-corrected chi connectivity index (χ4v) is 4.11. The van der Waals surface area contributed by atoms with Gasteiger partial charge in [-0.25, -0.2) is 0 Å². The summed E-state index contributed by atoms with van der Waals surface area (Å²) in [5.74, 6) is 0.456. The molecule has 0 aliphatic carbocycles. The highest BCUT2D eigenvalue weighted by atomic mass is 35.5. The molecule has 1 N–H and O–H groups in total. The maximum absolute atomic E-state index is 12.9. The quantitative estimate of drug-likeness (QED) is 0.572. The molecular weight excluding hydrogens is 394 g/mol. The summed E-state index contributed by atoms with van der Waals surface area (Å²) in [6, 6.07) is 10.2. The molecule has 1 amide bonds. The largest absolute Gasteiger partial charge is 0.493 e. The van der Waals surface area contributed by atoms with Gasteiger partial charge >= 0.3 is 0 Å². The predicted molar refractivity (Wildman–Crippen MR) is 111 cm³/mol. The number of carbonyl (C=O) groups is 1. The van der Waals surface area contributed by atoms with Crippen LogP contribution >= 0.6 is 11.6 Å². The Kier molecular flexibility index (Phi) is 5.58. The standard InChI is InChI=1S/C21H22ClN3O4/c22-14-5-7-16-18(4-3-11-29-20(16)12-14)23-15-6-8-19(25(27)28)17(13-15)21(26)24-9-1-2-10-24/h5-8,12-13,18,23H,1-4,9-11H2. The number of ether oxygens (including phenoxy) is 1. The lowest BCUT2D eigenvalue weighted by atomic mass is 10.0. The van der Waals surface area contributed by atoms with E-state index >= 15 is 0 Å². The number of rotatable bonds is 4. The van der Waals surface area contributed by atoms with Crippen LogP contribution in [0.1, 0.15) is 47.6 Å². The summed E-state index contributed by atoms with van der Waals surface area (Å²) in [7, 11) is 0. The van der Waals surface area contributed by atoms with Gasteiger partial charge < -0.3 is 15.0 Å². The van der Waals surface area contributed by atoms with Crippen LogP contribution in [0.5, 0.6) is 5.75 Å². The number of nitrogens with zero attached hydrogens (tertiary/aromatic N) is 2. The van der Waals surface area contributed by atoms with Crippen molar-refractivity contribution in [2.24, 2.45) is 0 Å². The van der Waals surface area contributed by atoms with E-state index in [-0.39, 0.29) is 23.2 Å². The molecule has 29 heavy (non-hydrogen) atoms. The molecule has 0 radical (unpaired) electrons. The topological polar surface area (TPSA) is 84.7 Å². The van der Waals surface area contributed by atoms with Crippen LogP contribution in [0.4, 0.5) is 11.4 Å². The van der Waals surface area contributed by atoms with Crippen molar-refractivity contribution in [2.75, 3.05) is 25.0 Å². The zero-order valence-corrected chi connectivity index (χ0v) is 16.7. The van der Waals surface area contributed by atoms with Crippen molar-refractivity contribution in [3.8, 4) is 5.75 Å². The number of nitro benzene ring substituents is 1. The molecule has 2 aromatic carbocycles. The highest BCUT2D eigenvalue weighted by Gasteiger charge is 2.28. The van der Waals surface area contributed by atoms with E-state index in [4.69, 9.17) is 16.3 Å². The van der Waals surface area contributed by atoms with Gasteiger partial charge in [-0.2, -0.15) is 0 Å². The Balaban J connectivity index is 1.65. The van der Waals surface area contributed by atoms with Crippen LogP contribution in [-0.4, -0.2) is 35.4 Å². The molecule has 7 nitrogen and oxygen atoms in total. The average Bonchev–Trinajstić information content (AvgIpc) is 3.17. The van der Waals surface area contributed by atoms with Crippen molar-refractivity contribution in [1.82, 2.24) is 4.90 Å². The van der Waals surface area contributed by atoms with Crippen LogP contribution in [-0.2, 0) is 0 Å². The third kappa shape index (κ3) is 4.15. The third-order valence-corrected chi connectivity index (χ3v) is 5.64. The number of halogens is 1. The van der Waals surface area contributed by atoms with Gasteiger partial charge in [-0.1, -0.05) is 17.7 Å². The molecule has 2 aromatic rings. The van der Waals surface area contributed by atoms with Gasteiger partial charge in [-0.3, -0.25) is 14.9 Å². The first-order valence-corrected chi connectivity index (χ1v) is 10.2. The Morgan fingerprint density at radius 2 is 1.97 bits per heavy atom. The minimum absolute atomic E-state index is 0.0408. The molecule has 8 heteroatoms. The van der Waals surface area contributed by atoms with Crippen LogP contribution in [0.3, 0.4) is 0 Å². The van der Waals surface area contributed by atoms with E-state index in [0.717, 1.165) is 37.0 Å². The smallest absolute Gasteiger partial charge is 0.282 e. The first-order chi connectivity index (χ1) is 14.0. The molecule has 0 saturated carbocycles. The lowest BCUT2D eigenvalue weighted by Gasteiger charge is -2.21. The van der Waals surface area contributed by atoms with Gasteiger partial charge in [-0.15, -0.1) is 0 Å². The number of amides is 1. The number of likely N-dealkylation sites (tertiary alicyclic amines) is 1. The Labute approximate surface area is 173 Å². The highest BCUT2D eigenvalue weighted by molar-refractivity contribution is 6.30. The molecule has 2 heterocycles. The minimum Gasteiger partial charge on any atom is -0.493 e. The van der Waals surface area contributed by atoms with Crippen LogP contribution in [0, 0.1) is 10.1 Å². The molecule has 2 aliphatic rings. The molecule has 1 unspecified atom stereocenters. The van der Waals surface area contributed by atoms with E-state index in [9.17, 15) is 14.9 Å². The minimum atomic E-state index is -0.496. The van der Waals surface area contributed by atoms with Gasteiger partial charge in [-0.05, 0) is 49.9 Å². The predicted octanol–water partition coefficient (Wildman–Crippen LogP) is 4.81. The summed E-state index contributed by atoms with van der Waals surface area (Å²) in [4.78, 5) is 25.5. The normalized spacial score (nSPS) is 18.5. The number of fused-ring (bicyclic) bond motifs is 1. The van der Waals surface area contributed by atoms with Crippen molar-refractivity contribution in [3.63, 3.8) is 0 Å². The van der Waals surface area contributed by atoms with E-state index in [1.807, 2.05) is 12.1 Å². The summed E-state index contributed by atoms with van der Waals surface area (Å²) >= 11 is 6.10. The van der Waals surface area contributed by atoms with Gasteiger partial charge in [0.2, 0.25) is 0 Å². The second kappa shape index (κ2) is 8.29. The van der Waals surface area contributed by atoms with Gasteiger partial charge in [0.05, 0.1) is 17.6 Å². The number of hydrogen-bond acceptors (Lipinski definition) is 5. The number of anilines is 1. The zero-order chi connectivity index (χ0) is 20.4. The van der Waals surface area contributed by atoms with Gasteiger partial charge in [0.15, 0.2) is 0 Å². The Morgan fingerprint density at radius 1 is 1.17 bits per heavy atom. The summed E-state index contributed by atoms with van der Waals surface area (Å²) < 4.78 is 5.80. The van der Waals surface area contributed by atoms with E-state index in [1.165, 1.54) is 6.07 Å². The fraction of sp³-hybridized carbons (Fsp3) is 0.381. The second-order valence-corrected chi connectivity index (χ2v) is 7.79. The van der Waals surface area contributed by atoms with E-state index < -0.39 is 4.92 Å². The fourth-order valence-electron chi connectivity index (χ4n) is 3.94. The van der Waals surface area contributed by atoms with Crippen molar-refractivity contribution >= 4 is 28.9 Å². The summed E-state index contributed by atoms with van der Waals surface area (Å²) in [6.07, 6.45) is 3.55. The van der Waals surface area contributed by atoms with E-state index in [1.54, 1.807) is 23.1 Å². The summed E-state index contributed by atoms with van der Waals surface area (Å²) in [6.45, 7) is 1.88. The van der Waals surface area contributed by atoms with Crippen LogP contribution in [0.2, 0.25) is 5.02 Å². The molecular formula is C21H22ClN3O4. The monoisotopic (exact) mass is 415 g/mol. The molecule has 0 spiro atoms. The van der Waals surface area contributed by atoms with Gasteiger partial charge in [0.1, 0.15) is 11.3 Å². The van der Waals surface area contributed by atoms with Crippen LogP contribution < -0.4 is 10.1 Å². The summed E-state index contributed by atoms with van der Waals surface area (Å²) in [5, 5.41) is 15.5. The summed E-state index contributed by atoms with van der Waals surface area (Å²) in [5.41, 5.74) is 1.62. The lowest BCUT2D eigenvalue weighted by molar-refractivity contribution is -0.385. The van der Waals surface area contributed by atoms with E-state index in [2.05, 4.69) is 5.32 Å². The van der Waals surface area contributed by atoms with Crippen molar-refractivity contribution in [1.29, 1.82) is 0 Å². The van der Waals surface area contributed by atoms with Crippen molar-refractivity contribution in [3.05, 3.63) is 62.7 Å². The molecule has 4 rings (SSSR count). The molecule has 1 saturated heterocycles. The van der Waals surface area contributed by atoms with Crippen LogP contribution in [0.15, 0.2) is 36.4 Å². The molecule has 0 aromatic heterocycles. The molecule has 1 atom stereocenters. The first kappa shape index (κ1) is 19.5. The number of benzene rings is 2. The Hall–Kier alpha value is -2.80. The molecule has 152 valence electrons. The SMILES string of the molecule is O=C(c1cc(NC2CCCOc3cc(Cl)ccc32)ccc1[N+](=O)[O-])N1CCCC1. The number of carbonyl (C=O) groups excluding carboxylic acids is 1. The lowest BCUT2D eigenvalue weighted by Crippen LogP contribution is -2.28. The Morgan fingerprint density at radius 3 is 2.72 bits per heavy atom. The maximum atomic E-state index is 12.9. The molecule has 2 aliphatic heterocycles. The average molecular weight is 416 g/mol. The first-order valence-electron chi connectivity index (χ1n) is 9.79. The Bertz CT molecular complexity index is 944. The number of hydrogen-bond donors (Lipinski definition) is 1. The third-order valence-electron chi connectivity index (χ3n) is 5.40. The van der Waals surface area contributed by atoms with Gasteiger partial charge in [0, 0.05) is 35.4 Å². The number of nitrogens with one attached hydrogen (secondary N) is 1. The second-order valence-electron chi connectivity index (χ2n) is 7.36. The molecule has 1 fully saturated rings. The van der Waals surface area contributed by atoms with Crippen LogP contribution in [0.25, 0.3) is 0 Å². The highest BCUT2D eigenvalue weighted by Crippen LogP contribution is 2.36. The van der Waals surface area contributed by atoms with Crippen molar-refractivity contribution < 1.29 is 14.5 Å². The van der Waals surface area contributed by atoms with E-state index in [0.29, 0.717) is 30.4 Å². The van der Waals surface area contributed by atoms with Crippen molar-refractivity contribution in [2.45, 2.75) is 31.7 Å². The zero-order valence-electron chi connectivity index (χ0n) is 15.9.